The average molecular weight is 377 g/mol. The van der Waals surface area contributed by atoms with E-state index in [9.17, 15) is 0 Å². The second-order valence-electron chi connectivity index (χ2n) is 8.13. The number of aromatic nitrogens is 5. The van der Waals surface area contributed by atoms with Crippen LogP contribution in [0.3, 0.4) is 0 Å². The van der Waals surface area contributed by atoms with Gasteiger partial charge in [0.15, 0.2) is 11.5 Å². The van der Waals surface area contributed by atoms with Crippen LogP contribution in [0, 0.1) is 6.92 Å². The van der Waals surface area contributed by atoms with E-state index in [2.05, 4.69) is 26.8 Å². The number of hydrogen-bond donors (Lipinski definition) is 0. The Morgan fingerprint density at radius 3 is 2.71 bits per heavy atom. The molecule has 2 saturated heterocycles. The molecule has 2 fully saturated rings. The van der Waals surface area contributed by atoms with E-state index in [1.807, 2.05) is 36.9 Å². The molecule has 0 unspecified atom stereocenters. The van der Waals surface area contributed by atoms with Crippen molar-refractivity contribution < 1.29 is 0 Å². The van der Waals surface area contributed by atoms with Gasteiger partial charge in [-0.1, -0.05) is 12.5 Å². The van der Waals surface area contributed by atoms with E-state index in [-0.39, 0.29) is 0 Å². The molecule has 7 heteroatoms. The molecule has 2 aliphatic heterocycles. The summed E-state index contributed by atoms with van der Waals surface area (Å²) < 4.78 is 1.85. The molecule has 1 atom stereocenters. The van der Waals surface area contributed by atoms with Gasteiger partial charge < -0.3 is 4.90 Å². The number of likely N-dealkylation sites (tertiary alicyclic amines) is 1. The van der Waals surface area contributed by atoms with Gasteiger partial charge in [0.1, 0.15) is 11.5 Å². The molecule has 28 heavy (non-hydrogen) atoms. The van der Waals surface area contributed by atoms with Gasteiger partial charge in [0.2, 0.25) is 0 Å². The van der Waals surface area contributed by atoms with Gasteiger partial charge in [-0.25, -0.2) is 9.97 Å². The number of aryl methyl sites for hydroxylation is 2. The number of nitrogens with zero attached hydrogens (tertiary/aromatic N) is 7. The van der Waals surface area contributed by atoms with Gasteiger partial charge in [0.25, 0.3) is 0 Å². The Morgan fingerprint density at radius 1 is 1.11 bits per heavy atom. The van der Waals surface area contributed by atoms with Crippen LogP contribution in [0.2, 0.25) is 0 Å². The zero-order valence-electron chi connectivity index (χ0n) is 16.8. The highest BCUT2D eigenvalue weighted by atomic mass is 15.4. The first-order chi connectivity index (χ1) is 13.6. The lowest BCUT2D eigenvalue weighted by atomic mass is 9.97. The van der Waals surface area contributed by atoms with Crippen molar-refractivity contribution in [3.63, 3.8) is 0 Å². The molecule has 3 aromatic heterocycles. The average Bonchev–Trinajstić information content (AvgIpc) is 2.97. The predicted octanol–water partition coefficient (Wildman–Crippen LogP) is 2.80. The third-order valence-corrected chi connectivity index (χ3v) is 6.22. The molecule has 2 aliphatic rings. The summed E-state index contributed by atoms with van der Waals surface area (Å²) in [5, 5.41) is 5.67. The summed E-state index contributed by atoms with van der Waals surface area (Å²) in [6.07, 6.45) is 5.79. The lowest BCUT2D eigenvalue weighted by Crippen LogP contribution is -2.62. The Balaban J connectivity index is 1.50. The minimum atomic E-state index is 0.621. The van der Waals surface area contributed by atoms with Crippen molar-refractivity contribution in [1.29, 1.82) is 0 Å². The number of piperidine rings is 1. The fourth-order valence-electron chi connectivity index (χ4n) is 4.66. The quantitative estimate of drug-likeness (QED) is 0.699. The van der Waals surface area contributed by atoms with Crippen molar-refractivity contribution in [2.45, 2.75) is 45.2 Å². The Kier molecular flexibility index (Phi) is 4.27. The van der Waals surface area contributed by atoms with Crippen LogP contribution in [0.15, 0.2) is 24.4 Å². The standard InChI is InChI=1S/C21H27N7/c1-14-8-5-7-11-28(14)16-12-27(13-16)21-18-15(2)25-26(3)20(18)23-19(24-21)17-9-4-6-10-22-17/h4,6,9-10,14,16H,5,7-8,11-13H2,1-3H3/t14-/m1/s1. The molecule has 0 bridgehead atoms. The van der Waals surface area contributed by atoms with E-state index in [0.29, 0.717) is 17.9 Å². The van der Waals surface area contributed by atoms with Crippen LogP contribution < -0.4 is 4.90 Å². The molecule has 3 aromatic rings. The van der Waals surface area contributed by atoms with Crippen LogP contribution in [-0.2, 0) is 7.05 Å². The summed E-state index contributed by atoms with van der Waals surface area (Å²) in [4.78, 5) is 19.3. The molecule has 0 saturated carbocycles. The maximum Gasteiger partial charge on any atom is 0.182 e. The minimum Gasteiger partial charge on any atom is -0.353 e. The lowest BCUT2D eigenvalue weighted by Gasteiger charge is -2.49. The zero-order chi connectivity index (χ0) is 19.3. The molecule has 0 aromatic carbocycles. The Hall–Kier alpha value is -2.54. The number of rotatable bonds is 3. The fourth-order valence-corrected chi connectivity index (χ4v) is 4.66. The number of fused-ring (bicyclic) bond motifs is 1. The Bertz CT molecular complexity index is 991. The lowest BCUT2D eigenvalue weighted by molar-refractivity contribution is 0.0874. The fraction of sp³-hybridized carbons (Fsp3) is 0.524. The van der Waals surface area contributed by atoms with Gasteiger partial charge >= 0.3 is 0 Å². The maximum atomic E-state index is 4.95. The summed E-state index contributed by atoms with van der Waals surface area (Å²) in [7, 11) is 1.95. The van der Waals surface area contributed by atoms with Crippen molar-refractivity contribution in [1.82, 2.24) is 29.6 Å². The van der Waals surface area contributed by atoms with E-state index in [1.54, 1.807) is 6.20 Å². The first-order valence-corrected chi connectivity index (χ1v) is 10.3. The van der Waals surface area contributed by atoms with Crippen LogP contribution >= 0.6 is 0 Å². The molecule has 0 N–H and O–H groups in total. The summed E-state index contributed by atoms with van der Waals surface area (Å²) >= 11 is 0. The maximum absolute atomic E-state index is 4.95. The Morgan fingerprint density at radius 2 is 1.96 bits per heavy atom. The van der Waals surface area contributed by atoms with E-state index < -0.39 is 0 Å². The molecule has 0 amide bonds. The number of hydrogen-bond acceptors (Lipinski definition) is 6. The smallest absolute Gasteiger partial charge is 0.182 e. The topological polar surface area (TPSA) is 63.0 Å². The molecule has 7 nitrogen and oxygen atoms in total. The third-order valence-electron chi connectivity index (χ3n) is 6.22. The third kappa shape index (κ3) is 2.85. The highest BCUT2D eigenvalue weighted by molar-refractivity contribution is 5.91. The normalized spacial score (nSPS) is 21.2. The monoisotopic (exact) mass is 377 g/mol. The molecule has 0 spiro atoms. The first-order valence-electron chi connectivity index (χ1n) is 10.3. The van der Waals surface area contributed by atoms with Gasteiger partial charge in [-0.05, 0) is 45.4 Å². The SMILES string of the molecule is Cc1nn(C)c2nc(-c3ccccn3)nc(N3CC(N4CCCC[C@H]4C)C3)c12. The number of pyridine rings is 1. The van der Waals surface area contributed by atoms with Gasteiger partial charge in [-0.3, -0.25) is 14.6 Å². The molecular weight excluding hydrogens is 350 g/mol. The van der Waals surface area contributed by atoms with Gasteiger partial charge in [0, 0.05) is 38.4 Å². The van der Waals surface area contributed by atoms with Gasteiger partial charge in [-0.15, -0.1) is 0 Å². The highest BCUT2D eigenvalue weighted by Gasteiger charge is 2.37. The summed E-state index contributed by atoms with van der Waals surface area (Å²) in [6.45, 7) is 7.68. The molecule has 5 rings (SSSR count). The van der Waals surface area contributed by atoms with E-state index in [1.165, 1.54) is 25.8 Å². The second kappa shape index (κ2) is 6.81. The van der Waals surface area contributed by atoms with Gasteiger partial charge in [0.05, 0.1) is 11.1 Å². The Labute approximate surface area is 165 Å². The van der Waals surface area contributed by atoms with Crippen LogP contribution in [0.1, 0.15) is 31.9 Å². The summed E-state index contributed by atoms with van der Waals surface area (Å²) in [5.41, 5.74) is 2.65. The molecule has 0 radical (unpaired) electrons. The molecule has 5 heterocycles. The predicted molar refractivity (Wildman–Crippen MR) is 110 cm³/mol. The first kappa shape index (κ1) is 17.6. The molecule has 0 aliphatic carbocycles. The van der Waals surface area contributed by atoms with Crippen molar-refractivity contribution in [3.05, 3.63) is 30.1 Å². The van der Waals surface area contributed by atoms with Crippen LogP contribution in [0.25, 0.3) is 22.6 Å². The van der Waals surface area contributed by atoms with E-state index in [0.717, 1.165) is 41.3 Å². The van der Waals surface area contributed by atoms with Crippen LogP contribution in [0.5, 0.6) is 0 Å². The largest absolute Gasteiger partial charge is 0.353 e. The van der Waals surface area contributed by atoms with Crippen LogP contribution in [-0.4, -0.2) is 61.4 Å². The van der Waals surface area contributed by atoms with Crippen LogP contribution in [0.4, 0.5) is 5.82 Å². The second-order valence-corrected chi connectivity index (χ2v) is 8.13. The van der Waals surface area contributed by atoms with Crippen molar-refractivity contribution in [2.24, 2.45) is 7.05 Å². The van der Waals surface area contributed by atoms with E-state index in [4.69, 9.17) is 9.97 Å². The van der Waals surface area contributed by atoms with Crippen molar-refractivity contribution in [3.8, 4) is 11.5 Å². The minimum absolute atomic E-state index is 0.621. The highest BCUT2D eigenvalue weighted by Crippen LogP contribution is 2.34. The summed E-state index contributed by atoms with van der Waals surface area (Å²) in [5.74, 6) is 1.66. The molecule has 146 valence electrons. The van der Waals surface area contributed by atoms with Crippen molar-refractivity contribution >= 4 is 16.9 Å². The zero-order valence-corrected chi connectivity index (χ0v) is 16.8. The number of anilines is 1. The molecular formula is C21H27N7. The van der Waals surface area contributed by atoms with Crippen molar-refractivity contribution in [2.75, 3.05) is 24.5 Å². The summed E-state index contributed by atoms with van der Waals surface area (Å²) in [6, 6.07) is 7.16. The van der Waals surface area contributed by atoms with E-state index >= 15 is 0 Å². The van der Waals surface area contributed by atoms with Gasteiger partial charge in [-0.2, -0.15) is 5.10 Å².